The molecule has 0 saturated heterocycles. The zero-order valence-corrected chi connectivity index (χ0v) is 14.4. The SMILES string of the molecule is COc1ccc(CCNC(=O)C(C)n2ccc(C(=O)O)n2)cc1OC. The summed E-state index contributed by atoms with van der Waals surface area (Å²) in [4.78, 5) is 23.0. The number of ether oxygens (including phenoxy) is 2. The van der Waals surface area contributed by atoms with E-state index >= 15 is 0 Å². The first-order chi connectivity index (χ1) is 12.0. The Bertz CT molecular complexity index is 756. The molecule has 0 saturated carbocycles. The maximum atomic E-state index is 12.2. The number of hydrogen-bond acceptors (Lipinski definition) is 5. The fraction of sp³-hybridized carbons (Fsp3) is 0.353. The maximum Gasteiger partial charge on any atom is 0.356 e. The van der Waals surface area contributed by atoms with Gasteiger partial charge in [-0.2, -0.15) is 5.10 Å². The van der Waals surface area contributed by atoms with Gasteiger partial charge in [0.1, 0.15) is 6.04 Å². The Kier molecular flexibility index (Phi) is 5.99. The fourth-order valence-electron chi connectivity index (χ4n) is 2.30. The molecule has 1 aromatic carbocycles. The minimum absolute atomic E-state index is 0.0926. The highest BCUT2D eigenvalue weighted by Gasteiger charge is 2.17. The maximum absolute atomic E-state index is 12.2. The molecule has 1 unspecified atom stereocenters. The lowest BCUT2D eigenvalue weighted by Crippen LogP contribution is -2.32. The average molecular weight is 347 g/mol. The molecular formula is C17H21N3O5. The van der Waals surface area contributed by atoms with Gasteiger partial charge in [-0.25, -0.2) is 4.79 Å². The number of carbonyl (C=O) groups is 2. The summed E-state index contributed by atoms with van der Waals surface area (Å²) in [7, 11) is 3.14. The second-order valence-electron chi connectivity index (χ2n) is 5.39. The predicted octanol–water partition coefficient (Wildman–Crippen LogP) is 1.52. The van der Waals surface area contributed by atoms with Gasteiger partial charge in [-0.15, -0.1) is 0 Å². The second-order valence-corrected chi connectivity index (χ2v) is 5.39. The summed E-state index contributed by atoms with van der Waals surface area (Å²) in [5.74, 6) is -0.0745. The molecule has 2 rings (SSSR count). The van der Waals surface area contributed by atoms with E-state index < -0.39 is 12.0 Å². The Morgan fingerprint density at radius 3 is 2.56 bits per heavy atom. The minimum atomic E-state index is -1.13. The van der Waals surface area contributed by atoms with E-state index in [2.05, 4.69) is 10.4 Å². The summed E-state index contributed by atoms with van der Waals surface area (Å²) >= 11 is 0. The van der Waals surface area contributed by atoms with Crippen molar-refractivity contribution in [2.75, 3.05) is 20.8 Å². The summed E-state index contributed by atoms with van der Waals surface area (Å²) in [6.45, 7) is 2.09. The lowest BCUT2D eigenvalue weighted by Gasteiger charge is -2.13. The summed E-state index contributed by atoms with van der Waals surface area (Å²) < 4.78 is 11.8. The van der Waals surface area contributed by atoms with Gasteiger partial charge in [0.15, 0.2) is 17.2 Å². The predicted molar refractivity (Wildman–Crippen MR) is 90.2 cm³/mol. The van der Waals surface area contributed by atoms with Crippen LogP contribution < -0.4 is 14.8 Å². The Balaban J connectivity index is 1.90. The third-order valence-electron chi connectivity index (χ3n) is 3.76. The van der Waals surface area contributed by atoms with Crippen LogP contribution in [0.4, 0.5) is 0 Å². The zero-order valence-electron chi connectivity index (χ0n) is 14.4. The first kappa shape index (κ1) is 18.3. The van der Waals surface area contributed by atoms with Crippen LogP contribution >= 0.6 is 0 Å². The Morgan fingerprint density at radius 1 is 1.24 bits per heavy atom. The molecule has 8 nitrogen and oxygen atoms in total. The number of hydrogen-bond donors (Lipinski definition) is 2. The number of nitrogens with one attached hydrogen (secondary N) is 1. The third kappa shape index (κ3) is 4.50. The third-order valence-corrected chi connectivity index (χ3v) is 3.76. The molecule has 0 aliphatic heterocycles. The molecule has 0 bridgehead atoms. The van der Waals surface area contributed by atoms with Gasteiger partial charge in [-0.05, 0) is 37.1 Å². The molecule has 1 heterocycles. The van der Waals surface area contributed by atoms with Crippen LogP contribution in [0.15, 0.2) is 30.5 Å². The van der Waals surface area contributed by atoms with E-state index in [-0.39, 0.29) is 11.6 Å². The van der Waals surface area contributed by atoms with Crippen LogP contribution in [0.1, 0.15) is 29.0 Å². The number of aromatic carboxylic acids is 1. The van der Waals surface area contributed by atoms with Crippen molar-refractivity contribution in [2.24, 2.45) is 0 Å². The first-order valence-corrected chi connectivity index (χ1v) is 7.73. The van der Waals surface area contributed by atoms with Crippen molar-refractivity contribution in [3.05, 3.63) is 41.7 Å². The van der Waals surface area contributed by atoms with Crippen molar-refractivity contribution >= 4 is 11.9 Å². The Morgan fingerprint density at radius 2 is 1.96 bits per heavy atom. The van der Waals surface area contributed by atoms with E-state index in [1.807, 2.05) is 18.2 Å². The van der Waals surface area contributed by atoms with Gasteiger partial charge in [-0.1, -0.05) is 6.07 Å². The Labute approximate surface area is 145 Å². The van der Waals surface area contributed by atoms with Gasteiger partial charge in [0.25, 0.3) is 0 Å². The molecule has 0 spiro atoms. The number of nitrogens with zero attached hydrogens (tertiary/aromatic N) is 2. The van der Waals surface area contributed by atoms with Crippen LogP contribution in [0.2, 0.25) is 0 Å². The molecule has 0 radical (unpaired) electrons. The summed E-state index contributed by atoms with van der Waals surface area (Å²) in [6, 6.07) is 6.34. The lowest BCUT2D eigenvalue weighted by molar-refractivity contribution is -0.124. The summed E-state index contributed by atoms with van der Waals surface area (Å²) in [5.41, 5.74) is 0.905. The van der Waals surface area contributed by atoms with Crippen LogP contribution in [0.5, 0.6) is 11.5 Å². The molecule has 8 heteroatoms. The average Bonchev–Trinajstić information content (AvgIpc) is 3.11. The minimum Gasteiger partial charge on any atom is -0.493 e. The van der Waals surface area contributed by atoms with Crippen LogP contribution in [-0.4, -0.2) is 47.5 Å². The first-order valence-electron chi connectivity index (χ1n) is 7.73. The monoisotopic (exact) mass is 347 g/mol. The van der Waals surface area contributed by atoms with Crippen molar-refractivity contribution < 1.29 is 24.2 Å². The largest absolute Gasteiger partial charge is 0.493 e. The Hall–Kier alpha value is -3.03. The van der Waals surface area contributed by atoms with Gasteiger partial charge in [0.2, 0.25) is 5.91 Å². The quantitative estimate of drug-likeness (QED) is 0.750. The van der Waals surface area contributed by atoms with E-state index in [0.29, 0.717) is 24.5 Å². The highest BCUT2D eigenvalue weighted by molar-refractivity contribution is 5.85. The normalized spacial score (nSPS) is 11.6. The van der Waals surface area contributed by atoms with Gasteiger partial charge in [0, 0.05) is 12.7 Å². The van der Waals surface area contributed by atoms with Crippen molar-refractivity contribution in [1.82, 2.24) is 15.1 Å². The number of carboxylic acid groups (broad SMARTS) is 1. The number of benzene rings is 1. The smallest absolute Gasteiger partial charge is 0.356 e. The van der Waals surface area contributed by atoms with E-state index in [1.54, 1.807) is 21.1 Å². The standard InChI is InChI=1S/C17H21N3O5/c1-11(20-9-7-13(19-20)17(22)23)16(21)18-8-6-12-4-5-14(24-2)15(10-12)25-3/h4-5,7,9-11H,6,8H2,1-3H3,(H,18,21)(H,22,23). The molecule has 134 valence electrons. The molecule has 2 N–H and O–H groups in total. The van der Waals surface area contributed by atoms with Crippen LogP contribution in [0, 0.1) is 0 Å². The highest BCUT2D eigenvalue weighted by atomic mass is 16.5. The molecule has 25 heavy (non-hydrogen) atoms. The highest BCUT2D eigenvalue weighted by Crippen LogP contribution is 2.27. The van der Waals surface area contributed by atoms with E-state index in [0.717, 1.165) is 5.56 Å². The van der Waals surface area contributed by atoms with Gasteiger partial charge in [0.05, 0.1) is 14.2 Å². The van der Waals surface area contributed by atoms with E-state index in [1.165, 1.54) is 16.9 Å². The van der Waals surface area contributed by atoms with Gasteiger partial charge in [-0.3, -0.25) is 9.48 Å². The van der Waals surface area contributed by atoms with Crippen LogP contribution in [-0.2, 0) is 11.2 Å². The second kappa shape index (κ2) is 8.18. The topological polar surface area (TPSA) is 103 Å². The number of carboxylic acids is 1. The number of rotatable bonds is 8. The number of amides is 1. The lowest BCUT2D eigenvalue weighted by atomic mass is 10.1. The van der Waals surface area contributed by atoms with Crippen molar-refractivity contribution in [1.29, 1.82) is 0 Å². The molecule has 2 aromatic rings. The number of aromatic nitrogens is 2. The zero-order chi connectivity index (χ0) is 18.4. The van der Waals surface area contributed by atoms with Gasteiger partial charge < -0.3 is 19.9 Å². The molecule has 1 aromatic heterocycles. The molecular weight excluding hydrogens is 326 g/mol. The number of carbonyl (C=O) groups excluding carboxylic acids is 1. The molecule has 0 aliphatic carbocycles. The van der Waals surface area contributed by atoms with E-state index in [9.17, 15) is 9.59 Å². The van der Waals surface area contributed by atoms with Crippen molar-refractivity contribution in [2.45, 2.75) is 19.4 Å². The fourth-order valence-corrected chi connectivity index (χ4v) is 2.30. The van der Waals surface area contributed by atoms with E-state index in [4.69, 9.17) is 14.6 Å². The molecule has 1 amide bonds. The number of methoxy groups -OCH3 is 2. The van der Waals surface area contributed by atoms with Crippen molar-refractivity contribution in [3.63, 3.8) is 0 Å². The molecule has 0 aliphatic rings. The van der Waals surface area contributed by atoms with Gasteiger partial charge >= 0.3 is 5.97 Å². The molecule has 1 atom stereocenters. The summed E-state index contributed by atoms with van der Waals surface area (Å²) in [6.07, 6.45) is 2.10. The van der Waals surface area contributed by atoms with Crippen LogP contribution in [0.3, 0.4) is 0 Å². The summed E-state index contributed by atoms with van der Waals surface area (Å²) in [5, 5.41) is 15.5. The van der Waals surface area contributed by atoms with Crippen molar-refractivity contribution in [3.8, 4) is 11.5 Å². The molecule has 0 fully saturated rings. The van der Waals surface area contributed by atoms with Crippen LogP contribution in [0.25, 0.3) is 0 Å².